The zero-order chi connectivity index (χ0) is 14.8. The van der Waals surface area contributed by atoms with Crippen LogP contribution in [0, 0.1) is 0 Å². The largest absolute Gasteiger partial charge is 0.450 e. The van der Waals surface area contributed by atoms with Crippen molar-refractivity contribution < 1.29 is 9.53 Å². The van der Waals surface area contributed by atoms with Gasteiger partial charge in [0.2, 0.25) is 0 Å². The van der Waals surface area contributed by atoms with E-state index in [0.29, 0.717) is 38.4 Å². The van der Waals surface area contributed by atoms with Crippen molar-refractivity contribution in [2.45, 2.75) is 6.92 Å². The van der Waals surface area contributed by atoms with Crippen LogP contribution in [0.25, 0.3) is 11.0 Å². The minimum absolute atomic E-state index is 0.255. The first-order valence-electron chi connectivity index (χ1n) is 6.72. The van der Waals surface area contributed by atoms with E-state index in [-0.39, 0.29) is 6.09 Å². The van der Waals surface area contributed by atoms with Crippen LogP contribution in [0.1, 0.15) is 6.92 Å². The Morgan fingerprint density at radius 3 is 2.86 bits per heavy atom. The molecule has 2 aromatic heterocycles. The minimum atomic E-state index is -0.255. The van der Waals surface area contributed by atoms with Crippen molar-refractivity contribution in [2.75, 3.05) is 37.7 Å². The number of halogens is 1. The number of nitrogens with zero attached hydrogens (tertiary/aromatic N) is 5. The maximum Gasteiger partial charge on any atom is 0.409 e. The molecule has 3 heterocycles. The van der Waals surface area contributed by atoms with E-state index in [9.17, 15) is 4.79 Å². The van der Waals surface area contributed by atoms with Gasteiger partial charge in [-0.1, -0.05) is 0 Å². The smallest absolute Gasteiger partial charge is 0.409 e. The fourth-order valence-electron chi connectivity index (χ4n) is 2.36. The average Bonchev–Trinajstić information content (AvgIpc) is 2.89. The molecule has 0 atom stereocenters. The van der Waals surface area contributed by atoms with Crippen LogP contribution in [0.3, 0.4) is 0 Å². The molecule has 1 aliphatic heterocycles. The van der Waals surface area contributed by atoms with Crippen molar-refractivity contribution in [1.82, 2.24) is 25.1 Å². The van der Waals surface area contributed by atoms with Crippen LogP contribution in [0.4, 0.5) is 10.6 Å². The standard InChI is InChI=1S/C12H15BrN6O2/c1-2-21-12(20)19-5-3-18(4-6-19)11-8-9(13)16-17-10(8)14-7-15-11/h7H,2-6H2,1H3,(H,14,15,16,17). The third-order valence-corrected chi connectivity index (χ3v) is 3.97. The highest BCUT2D eigenvalue weighted by Gasteiger charge is 2.25. The molecule has 21 heavy (non-hydrogen) atoms. The molecule has 1 aliphatic rings. The maximum atomic E-state index is 11.7. The molecule has 112 valence electrons. The van der Waals surface area contributed by atoms with Gasteiger partial charge in [0, 0.05) is 26.2 Å². The van der Waals surface area contributed by atoms with Gasteiger partial charge in [0.25, 0.3) is 0 Å². The molecular weight excluding hydrogens is 340 g/mol. The van der Waals surface area contributed by atoms with Gasteiger partial charge < -0.3 is 14.5 Å². The maximum absolute atomic E-state index is 11.7. The molecule has 0 spiro atoms. The predicted octanol–water partition coefficient (Wildman–Crippen LogP) is 1.39. The number of fused-ring (bicyclic) bond motifs is 1. The first-order chi connectivity index (χ1) is 10.2. The summed E-state index contributed by atoms with van der Waals surface area (Å²) in [4.78, 5) is 24.0. The van der Waals surface area contributed by atoms with Crippen LogP contribution >= 0.6 is 15.9 Å². The Bertz CT molecular complexity index is 652. The third-order valence-electron chi connectivity index (χ3n) is 3.39. The van der Waals surface area contributed by atoms with Crippen LogP contribution in [-0.4, -0.2) is 63.9 Å². The summed E-state index contributed by atoms with van der Waals surface area (Å²) in [7, 11) is 0. The Hall–Kier alpha value is -1.90. The number of hydrogen-bond donors (Lipinski definition) is 1. The number of carbonyl (C=O) groups is 1. The summed E-state index contributed by atoms with van der Waals surface area (Å²) >= 11 is 3.43. The summed E-state index contributed by atoms with van der Waals surface area (Å²) in [6, 6.07) is 0. The number of hydrogen-bond acceptors (Lipinski definition) is 6. The highest BCUT2D eigenvalue weighted by molar-refractivity contribution is 9.10. The molecule has 0 unspecified atom stereocenters. The molecule has 9 heteroatoms. The normalized spacial score (nSPS) is 15.5. The molecule has 0 saturated carbocycles. The van der Waals surface area contributed by atoms with Gasteiger partial charge in [-0.3, -0.25) is 5.10 Å². The molecule has 1 fully saturated rings. The van der Waals surface area contributed by atoms with E-state index in [1.807, 2.05) is 6.92 Å². The Morgan fingerprint density at radius 1 is 1.38 bits per heavy atom. The number of ether oxygens (including phenoxy) is 1. The lowest BCUT2D eigenvalue weighted by atomic mass is 10.3. The van der Waals surface area contributed by atoms with Gasteiger partial charge in [-0.25, -0.2) is 14.8 Å². The Balaban J connectivity index is 1.77. The lowest BCUT2D eigenvalue weighted by molar-refractivity contribution is 0.105. The zero-order valence-corrected chi connectivity index (χ0v) is 13.1. The van der Waals surface area contributed by atoms with Crippen molar-refractivity contribution in [2.24, 2.45) is 0 Å². The summed E-state index contributed by atoms with van der Waals surface area (Å²) in [5.74, 6) is 0.823. The molecule has 0 bridgehead atoms. The van der Waals surface area contributed by atoms with E-state index in [0.717, 1.165) is 15.8 Å². The van der Waals surface area contributed by atoms with Gasteiger partial charge in [0.05, 0.1) is 12.0 Å². The number of piperazine rings is 1. The van der Waals surface area contributed by atoms with Crippen molar-refractivity contribution in [3.05, 3.63) is 10.9 Å². The number of anilines is 1. The molecule has 1 amide bonds. The Morgan fingerprint density at radius 2 is 2.14 bits per heavy atom. The Kier molecular flexibility index (Phi) is 3.91. The number of aromatic nitrogens is 4. The van der Waals surface area contributed by atoms with Crippen molar-refractivity contribution in [3.63, 3.8) is 0 Å². The molecule has 1 N–H and O–H groups in total. The van der Waals surface area contributed by atoms with Gasteiger partial charge >= 0.3 is 6.09 Å². The van der Waals surface area contributed by atoms with Crippen LogP contribution < -0.4 is 4.90 Å². The minimum Gasteiger partial charge on any atom is -0.450 e. The highest BCUT2D eigenvalue weighted by atomic mass is 79.9. The summed E-state index contributed by atoms with van der Waals surface area (Å²) in [6.07, 6.45) is 1.25. The van der Waals surface area contributed by atoms with Gasteiger partial charge in [-0.2, -0.15) is 5.10 Å². The monoisotopic (exact) mass is 354 g/mol. The van der Waals surface area contributed by atoms with Crippen molar-refractivity contribution in [3.8, 4) is 0 Å². The topological polar surface area (TPSA) is 87.2 Å². The van der Waals surface area contributed by atoms with Gasteiger partial charge in [-0.05, 0) is 22.9 Å². The van der Waals surface area contributed by atoms with Crippen molar-refractivity contribution >= 4 is 38.9 Å². The number of rotatable bonds is 2. The molecule has 2 aromatic rings. The molecule has 0 aromatic carbocycles. The van der Waals surface area contributed by atoms with E-state index in [1.54, 1.807) is 4.90 Å². The summed E-state index contributed by atoms with van der Waals surface area (Å²) in [5, 5.41) is 7.82. The van der Waals surface area contributed by atoms with E-state index in [2.05, 4.69) is 41.0 Å². The number of amides is 1. The van der Waals surface area contributed by atoms with E-state index in [1.165, 1.54) is 6.33 Å². The van der Waals surface area contributed by atoms with E-state index in [4.69, 9.17) is 4.74 Å². The highest BCUT2D eigenvalue weighted by Crippen LogP contribution is 2.28. The van der Waals surface area contributed by atoms with Gasteiger partial charge in [0.1, 0.15) is 16.7 Å². The number of carbonyl (C=O) groups excluding carboxylic acids is 1. The van der Waals surface area contributed by atoms with Gasteiger partial charge in [-0.15, -0.1) is 0 Å². The second-order valence-electron chi connectivity index (χ2n) is 4.61. The van der Waals surface area contributed by atoms with Crippen LogP contribution in [0.2, 0.25) is 0 Å². The van der Waals surface area contributed by atoms with Crippen LogP contribution in [-0.2, 0) is 4.74 Å². The van der Waals surface area contributed by atoms with Gasteiger partial charge in [0.15, 0.2) is 5.65 Å². The molecular formula is C12H15BrN6O2. The fraction of sp³-hybridized carbons (Fsp3) is 0.500. The van der Waals surface area contributed by atoms with Crippen LogP contribution in [0.5, 0.6) is 0 Å². The quantitative estimate of drug-likeness (QED) is 0.876. The summed E-state index contributed by atoms with van der Waals surface area (Å²) < 4.78 is 5.78. The first-order valence-corrected chi connectivity index (χ1v) is 7.51. The second kappa shape index (κ2) is 5.84. The molecule has 3 rings (SSSR count). The predicted molar refractivity (Wildman–Crippen MR) is 80.2 cm³/mol. The number of aromatic amines is 1. The second-order valence-corrected chi connectivity index (χ2v) is 5.40. The zero-order valence-electron chi connectivity index (χ0n) is 11.5. The third kappa shape index (κ3) is 2.65. The lowest BCUT2D eigenvalue weighted by Crippen LogP contribution is -2.49. The molecule has 0 radical (unpaired) electrons. The average molecular weight is 355 g/mol. The van der Waals surface area contributed by atoms with E-state index >= 15 is 0 Å². The lowest BCUT2D eigenvalue weighted by Gasteiger charge is -2.34. The SMILES string of the molecule is CCOC(=O)N1CCN(c2ncnc3n[nH]c(Br)c23)CC1. The molecule has 1 saturated heterocycles. The molecule has 0 aliphatic carbocycles. The number of nitrogens with one attached hydrogen (secondary N) is 1. The van der Waals surface area contributed by atoms with Crippen molar-refractivity contribution in [1.29, 1.82) is 0 Å². The summed E-state index contributed by atoms with van der Waals surface area (Å²) in [6.45, 7) is 4.82. The first kappa shape index (κ1) is 14.1. The number of H-pyrrole nitrogens is 1. The fourth-order valence-corrected chi connectivity index (χ4v) is 2.81. The Labute approximate surface area is 129 Å². The summed E-state index contributed by atoms with van der Waals surface area (Å²) in [5.41, 5.74) is 0.625. The van der Waals surface area contributed by atoms with Crippen LogP contribution in [0.15, 0.2) is 10.9 Å². The molecule has 8 nitrogen and oxygen atoms in total. The van der Waals surface area contributed by atoms with E-state index < -0.39 is 0 Å².